The Morgan fingerprint density at radius 1 is 0.968 bits per heavy atom. The van der Waals surface area contributed by atoms with Crippen molar-refractivity contribution in [1.29, 1.82) is 0 Å². The molecule has 1 fully saturated rings. The second-order valence-corrected chi connectivity index (χ2v) is 8.27. The van der Waals surface area contributed by atoms with Crippen LogP contribution in [0.3, 0.4) is 0 Å². The highest BCUT2D eigenvalue weighted by molar-refractivity contribution is 5.93. The highest BCUT2D eigenvalue weighted by atomic mass is 16.5. The largest absolute Gasteiger partial charge is 0.459 e. The van der Waals surface area contributed by atoms with E-state index < -0.39 is 0 Å². The summed E-state index contributed by atoms with van der Waals surface area (Å²) in [6.45, 7) is 9.21. The Kier molecular flexibility index (Phi) is 8.38. The van der Waals surface area contributed by atoms with E-state index in [0.29, 0.717) is 17.8 Å². The summed E-state index contributed by atoms with van der Waals surface area (Å²) in [5, 5.41) is 2.93. The number of benzene rings is 2. The monoisotopic (exact) mass is 423 g/mol. The molecule has 6 heteroatoms. The third-order valence-corrected chi connectivity index (χ3v) is 5.34. The predicted octanol–water partition coefficient (Wildman–Crippen LogP) is 0.687. The van der Waals surface area contributed by atoms with Crippen LogP contribution in [0.5, 0.6) is 0 Å². The summed E-state index contributed by atoms with van der Waals surface area (Å²) in [7, 11) is 0. The van der Waals surface area contributed by atoms with Crippen molar-refractivity contribution in [2.24, 2.45) is 0 Å². The molecule has 2 aromatic carbocycles. The molecule has 0 aromatic heterocycles. The smallest absolute Gasteiger partial charge is 0.338 e. The summed E-state index contributed by atoms with van der Waals surface area (Å²) in [6.07, 6.45) is 4.26. The molecule has 0 saturated carbocycles. The van der Waals surface area contributed by atoms with Gasteiger partial charge in [-0.25, -0.2) is 4.79 Å². The van der Waals surface area contributed by atoms with E-state index in [-0.39, 0.29) is 18.0 Å². The molecule has 0 bridgehead atoms. The zero-order chi connectivity index (χ0) is 22.1. The maximum Gasteiger partial charge on any atom is 0.338 e. The topological polar surface area (TPSA) is 64.3 Å². The molecule has 164 valence electrons. The number of carbonyl (C=O) groups excluding carboxylic acids is 2. The van der Waals surface area contributed by atoms with E-state index in [1.54, 1.807) is 29.2 Å². The quantitative estimate of drug-likeness (QED) is 0.548. The zero-order valence-electron chi connectivity index (χ0n) is 18.4. The van der Waals surface area contributed by atoms with E-state index in [2.05, 4.69) is 41.7 Å². The summed E-state index contributed by atoms with van der Waals surface area (Å²) in [4.78, 5) is 27.2. The van der Waals surface area contributed by atoms with E-state index >= 15 is 0 Å². The zero-order valence-corrected chi connectivity index (χ0v) is 18.4. The van der Waals surface area contributed by atoms with Crippen LogP contribution in [0.4, 0.5) is 5.69 Å². The second-order valence-electron chi connectivity index (χ2n) is 8.27. The molecule has 1 aliphatic heterocycles. The molecule has 2 aromatic rings. The number of anilines is 1. The molecule has 0 atom stereocenters. The van der Waals surface area contributed by atoms with Crippen LogP contribution in [0.2, 0.25) is 0 Å². The molecule has 0 unspecified atom stereocenters. The molecular weight excluding hydrogens is 390 g/mol. The van der Waals surface area contributed by atoms with Gasteiger partial charge in [-0.1, -0.05) is 36.4 Å². The van der Waals surface area contributed by atoms with Gasteiger partial charge in [-0.3, -0.25) is 4.79 Å². The Morgan fingerprint density at radius 2 is 1.61 bits per heavy atom. The van der Waals surface area contributed by atoms with E-state index in [4.69, 9.17) is 4.74 Å². The van der Waals surface area contributed by atoms with Crippen LogP contribution < -0.4 is 15.1 Å². The van der Waals surface area contributed by atoms with Crippen molar-refractivity contribution in [2.45, 2.75) is 20.0 Å². The third kappa shape index (κ3) is 7.66. The van der Waals surface area contributed by atoms with Gasteiger partial charge in [-0.15, -0.1) is 0 Å². The fraction of sp³-hybridized carbons (Fsp3) is 0.360. The first-order valence-corrected chi connectivity index (χ1v) is 11.0. The minimum Gasteiger partial charge on any atom is -0.459 e. The highest BCUT2D eigenvalue weighted by Crippen LogP contribution is 2.11. The molecule has 1 saturated heterocycles. The first-order valence-electron chi connectivity index (χ1n) is 11.0. The summed E-state index contributed by atoms with van der Waals surface area (Å²) >= 11 is 0. The van der Waals surface area contributed by atoms with Crippen molar-refractivity contribution in [3.8, 4) is 0 Å². The van der Waals surface area contributed by atoms with Crippen LogP contribution >= 0.6 is 0 Å². The van der Waals surface area contributed by atoms with Crippen molar-refractivity contribution in [3.63, 3.8) is 0 Å². The molecule has 0 radical (unpaired) electrons. The van der Waals surface area contributed by atoms with Crippen LogP contribution in [0.15, 0.2) is 60.7 Å². The first kappa shape index (κ1) is 22.7. The Morgan fingerprint density at radius 3 is 2.26 bits per heavy atom. The lowest BCUT2D eigenvalue weighted by Crippen LogP contribution is -3.28. The molecule has 6 nitrogen and oxygen atoms in total. The molecule has 3 rings (SSSR count). The van der Waals surface area contributed by atoms with Gasteiger partial charge in [0.05, 0.1) is 18.2 Å². The normalized spacial score (nSPS) is 18.8. The average molecular weight is 424 g/mol. The Balaban J connectivity index is 1.38. The summed E-state index contributed by atoms with van der Waals surface area (Å²) in [5.41, 5.74) is 2.41. The van der Waals surface area contributed by atoms with Crippen molar-refractivity contribution in [2.75, 3.05) is 44.6 Å². The van der Waals surface area contributed by atoms with Crippen LogP contribution in [0, 0.1) is 0 Å². The van der Waals surface area contributed by atoms with Crippen LogP contribution in [0.25, 0.3) is 6.08 Å². The van der Waals surface area contributed by atoms with Gasteiger partial charge >= 0.3 is 5.97 Å². The summed E-state index contributed by atoms with van der Waals surface area (Å²) < 4.78 is 5.18. The van der Waals surface area contributed by atoms with E-state index in [0.717, 1.165) is 32.7 Å². The molecule has 0 spiro atoms. The first-order chi connectivity index (χ1) is 15.0. The van der Waals surface area contributed by atoms with E-state index in [1.807, 2.05) is 19.9 Å². The lowest BCUT2D eigenvalue weighted by molar-refractivity contribution is -1.01. The van der Waals surface area contributed by atoms with Crippen LogP contribution in [0.1, 0.15) is 29.8 Å². The van der Waals surface area contributed by atoms with E-state index in [1.165, 1.54) is 10.5 Å². The van der Waals surface area contributed by atoms with Gasteiger partial charge in [-0.05, 0) is 49.8 Å². The lowest BCUT2D eigenvalue weighted by Gasteiger charge is -2.28. The molecule has 3 N–H and O–H groups in total. The Hall–Kier alpha value is -2.96. The number of hydrogen-bond acceptors (Lipinski definition) is 3. The standard InChI is InChI=1S/C25H31N3O3/c1-20(2)31-25(30)22-10-12-23(13-11-22)26-24(29)19-28-17-15-27(16-18-28)14-6-9-21-7-4-3-5-8-21/h3-13,20H,14-19H2,1-2H3,(H,26,29)/p+2/b9-6+. The highest BCUT2D eigenvalue weighted by Gasteiger charge is 2.24. The number of amides is 1. The lowest BCUT2D eigenvalue weighted by atomic mass is 10.2. The average Bonchev–Trinajstić information content (AvgIpc) is 2.76. The van der Waals surface area contributed by atoms with Crippen molar-refractivity contribution in [1.82, 2.24) is 0 Å². The SMILES string of the molecule is CC(C)OC(=O)c1ccc(NC(=O)C[NH+]2CC[NH+](C/C=C/c3ccccc3)CC2)cc1. The fourth-order valence-electron chi connectivity index (χ4n) is 3.67. The van der Waals surface area contributed by atoms with Gasteiger partial charge in [0.15, 0.2) is 6.54 Å². The van der Waals surface area contributed by atoms with Gasteiger partial charge in [0, 0.05) is 5.69 Å². The van der Waals surface area contributed by atoms with Crippen molar-refractivity contribution >= 4 is 23.6 Å². The van der Waals surface area contributed by atoms with Crippen LogP contribution in [-0.2, 0) is 9.53 Å². The van der Waals surface area contributed by atoms with Gasteiger partial charge in [-0.2, -0.15) is 0 Å². The maximum atomic E-state index is 12.4. The van der Waals surface area contributed by atoms with Gasteiger partial charge < -0.3 is 19.9 Å². The molecule has 1 aliphatic rings. The van der Waals surface area contributed by atoms with Gasteiger partial charge in [0.1, 0.15) is 26.2 Å². The van der Waals surface area contributed by atoms with Gasteiger partial charge in [0.25, 0.3) is 5.91 Å². The van der Waals surface area contributed by atoms with Crippen molar-refractivity contribution < 1.29 is 24.1 Å². The van der Waals surface area contributed by atoms with Crippen molar-refractivity contribution in [3.05, 3.63) is 71.8 Å². The minimum atomic E-state index is -0.351. The van der Waals surface area contributed by atoms with Crippen LogP contribution in [-0.4, -0.2) is 57.2 Å². The summed E-state index contributed by atoms with van der Waals surface area (Å²) in [5.74, 6) is -0.351. The number of carbonyl (C=O) groups is 2. The summed E-state index contributed by atoms with van der Waals surface area (Å²) in [6, 6.07) is 17.2. The minimum absolute atomic E-state index is 0.0000645. The molecule has 31 heavy (non-hydrogen) atoms. The number of esters is 1. The number of hydrogen-bond donors (Lipinski definition) is 3. The number of nitrogens with one attached hydrogen (secondary N) is 3. The fourth-order valence-corrected chi connectivity index (χ4v) is 3.67. The molecule has 1 heterocycles. The van der Waals surface area contributed by atoms with E-state index in [9.17, 15) is 9.59 Å². The Bertz CT molecular complexity index is 871. The number of quaternary nitrogens is 2. The third-order valence-electron chi connectivity index (χ3n) is 5.34. The maximum absolute atomic E-state index is 12.4. The van der Waals surface area contributed by atoms with Gasteiger partial charge in [0.2, 0.25) is 0 Å². The molecule has 0 aliphatic carbocycles. The number of rotatable bonds is 8. The molecular formula is C25H33N3O3+2. The Labute approximate surface area is 184 Å². The molecule has 1 amide bonds. The number of ether oxygens (including phenoxy) is 1. The predicted molar refractivity (Wildman–Crippen MR) is 122 cm³/mol. The second kappa shape index (κ2) is 11.4. The number of piperazine rings is 1.